The first kappa shape index (κ1) is 22.1. The van der Waals surface area contributed by atoms with Crippen LogP contribution in [-0.2, 0) is 16.1 Å². The fraction of sp³-hybridized carbons (Fsp3) is 0.160. The van der Waals surface area contributed by atoms with Crippen LogP contribution in [0.1, 0.15) is 34.3 Å². The number of furan rings is 1. The number of non-ortho nitro benzene ring substituents is 1. The van der Waals surface area contributed by atoms with E-state index in [4.69, 9.17) is 4.42 Å². The summed E-state index contributed by atoms with van der Waals surface area (Å²) < 4.78 is 7.15. The maximum atomic E-state index is 13.2. The molecule has 10 nitrogen and oxygen atoms in total. The van der Waals surface area contributed by atoms with Crippen LogP contribution in [0.2, 0.25) is 0 Å². The standard InChI is InChI=1S/C25H20N4O6/c1-14-6-4-10-27-15(2)20(26-24(14)27)22(30)19-21(16-7-3-8-17(12-16)29(33)34)28(25(32)23(19)31)13-18-9-5-11-35-18/h3-12,21,30H,13H2,1-2H3. The van der Waals surface area contributed by atoms with Crippen LogP contribution in [0.3, 0.4) is 0 Å². The number of benzene rings is 1. The van der Waals surface area contributed by atoms with Crippen LogP contribution < -0.4 is 0 Å². The summed E-state index contributed by atoms with van der Waals surface area (Å²) in [6.07, 6.45) is 3.23. The number of amides is 1. The molecule has 1 atom stereocenters. The molecule has 176 valence electrons. The van der Waals surface area contributed by atoms with E-state index in [2.05, 4.69) is 4.98 Å². The van der Waals surface area contributed by atoms with Gasteiger partial charge in [0, 0.05) is 18.3 Å². The predicted octanol–water partition coefficient (Wildman–Crippen LogP) is 4.07. The molecule has 0 bridgehead atoms. The van der Waals surface area contributed by atoms with Gasteiger partial charge in [-0.15, -0.1) is 0 Å². The van der Waals surface area contributed by atoms with Crippen LogP contribution in [0.25, 0.3) is 11.4 Å². The van der Waals surface area contributed by atoms with Gasteiger partial charge >= 0.3 is 0 Å². The van der Waals surface area contributed by atoms with E-state index < -0.39 is 28.4 Å². The smallest absolute Gasteiger partial charge is 0.296 e. The monoisotopic (exact) mass is 472 g/mol. The summed E-state index contributed by atoms with van der Waals surface area (Å²) >= 11 is 0. The number of fused-ring (bicyclic) bond motifs is 1. The Bertz CT molecular complexity index is 1530. The largest absolute Gasteiger partial charge is 0.505 e. The molecule has 1 aromatic carbocycles. The van der Waals surface area contributed by atoms with E-state index in [0.717, 1.165) is 5.56 Å². The minimum Gasteiger partial charge on any atom is -0.505 e. The van der Waals surface area contributed by atoms with Gasteiger partial charge in [-0.05, 0) is 43.2 Å². The number of pyridine rings is 1. The SMILES string of the molecule is Cc1cccn2c(C)c(C(O)=C3C(=O)C(=O)N(Cc4ccco4)C3c3cccc([N+](=O)[O-])c3)nc12. The van der Waals surface area contributed by atoms with E-state index in [1.807, 2.05) is 19.1 Å². The predicted molar refractivity (Wildman–Crippen MR) is 124 cm³/mol. The lowest BCUT2D eigenvalue weighted by atomic mass is 9.96. The number of aryl methyl sites for hydroxylation is 2. The Morgan fingerprint density at radius 2 is 1.97 bits per heavy atom. The summed E-state index contributed by atoms with van der Waals surface area (Å²) in [6.45, 7) is 3.55. The quantitative estimate of drug-likeness (QED) is 0.152. The second-order valence-corrected chi connectivity index (χ2v) is 8.29. The van der Waals surface area contributed by atoms with Gasteiger partial charge in [0.2, 0.25) is 0 Å². The van der Waals surface area contributed by atoms with Gasteiger partial charge in [0.15, 0.2) is 5.76 Å². The van der Waals surface area contributed by atoms with E-state index in [1.54, 1.807) is 35.7 Å². The Morgan fingerprint density at radius 1 is 1.17 bits per heavy atom. The molecule has 5 rings (SSSR count). The average molecular weight is 472 g/mol. The number of nitro groups is 1. The third kappa shape index (κ3) is 3.55. The number of nitro benzene ring substituents is 1. The van der Waals surface area contributed by atoms with Crippen LogP contribution >= 0.6 is 0 Å². The van der Waals surface area contributed by atoms with Gasteiger partial charge in [0.05, 0.1) is 35.0 Å². The highest BCUT2D eigenvalue weighted by atomic mass is 16.6. The number of aliphatic hydroxyl groups excluding tert-OH is 1. The average Bonchev–Trinajstić information content (AvgIpc) is 3.54. The van der Waals surface area contributed by atoms with Crippen LogP contribution in [0.5, 0.6) is 0 Å². The first-order valence-electron chi connectivity index (χ1n) is 10.8. The number of likely N-dealkylation sites (tertiary alicyclic amines) is 1. The van der Waals surface area contributed by atoms with Crippen molar-refractivity contribution in [3.05, 3.63) is 105 Å². The van der Waals surface area contributed by atoms with Gasteiger partial charge in [0.25, 0.3) is 17.4 Å². The second kappa shape index (κ2) is 8.24. The molecule has 1 amide bonds. The molecule has 0 saturated carbocycles. The van der Waals surface area contributed by atoms with Crippen molar-refractivity contribution in [2.45, 2.75) is 26.4 Å². The zero-order valence-corrected chi connectivity index (χ0v) is 18.8. The Balaban J connectivity index is 1.73. The van der Waals surface area contributed by atoms with Gasteiger partial charge in [0.1, 0.15) is 17.1 Å². The summed E-state index contributed by atoms with van der Waals surface area (Å²) in [5.41, 5.74) is 2.12. The van der Waals surface area contributed by atoms with Crippen LogP contribution in [0, 0.1) is 24.0 Å². The minimum absolute atomic E-state index is 0.0645. The Hall–Kier alpha value is -4.73. The van der Waals surface area contributed by atoms with Crippen LogP contribution in [0.15, 0.2) is 71.0 Å². The number of aromatic nitrogens is 2. The molecule has 35 heavy (non-hydrogen) atoms. The van der Waals surface area contributed by atoms with Gasteiger partial charge in [-0.1, -0.05) is 18.2 Å². The molecule has 1 aliphatic rings. The number of carbonyl (C=O) groups is 2. The van der Waals surface area contributed by atoms with Gasteiger partial charge < -0.3 is 18.8 Å². The number of hydrogen-bond donors (Lipinski definition) is 1. The molecule has 1 N–H and O–H groups in total. The minimum atomic E-state index is -1.08. The van der Waals surface area contributed by atoms with Gasteiger partial charge in [-0.2, -0.15) is 0 Å². The molecule has 0 radical (unpaired) electrons. The zero-order chi connectivity index (χ0) is 24.9. The van der Waals surface area contributed by atoms with Crippen molar-refractivity contribution in [1.29, 1.82) is 0 Å². The Kier molecular flexibility index (Phi) is 5.20. The highest BCUT2D eigenvalue weighted by Gasteiger charge is 2.47. The zero-order valence-electron chi connectivity index (χ0n) is 18.8. The number of hydrogen-bond acceptors (Lipinski definition) is 7. The third-order valence-corrected chi connectivity index (χ3v) is 6.15. The number of rotatable bonds is 5. The second-order valence-electron chi connectivity index (χ2n) is 8.29. The summed E-state index contributed by atoms with van der Waals surface area (Å²) in [5.74, 6) is -1.78. The van der Waals surface area contributed by atoms with Gasteiger partial charge in [-0.3, -0.25) is 19.7 Å². The lowest BCUT2D eigenvalue weighted by Crippen LogP contribution is -2.29. The van der Waals surface area contributed by atoms with E-state index in [9.17, 15) is 24.8 Å². The van der Waals surface area contributed by atoms with Crippen molar-refractivity contribution in [1.82, 2.24) is 14.3 Å². The Labute approximate surface area is 198 Å². The first-order valence-corrected chi connectivity index (χ1v) is 10.8. The summed E-state index contributed by atoms with van der Waals surface area (Å²) in [5, 5.41) is 22.8. The molecule has 3 aromatic heterocycles. The number of imidazole rings is 1. The van der Waals surface area contributed by atoms with E-state index in [0.29, 0.717) is 22.7 Å². The maximum Gasteiger partial charge on any atom is 0.296 e. The number of aliphatic hydroxyl groups is 1. The normalized spacial score (nSPS) is 17.4. The van der Waals surface area contributed by atoms with Gasteiger partial charge in [-0.25, -0.2) is 4.98 Å². The first-order chi connectivity index (χ1) is 16.8. The number of ketones is 1. The van der Waals surface area contributed by atoms with E-state index in [-0.39, 0.29) is 23.5 Å². The highest BCUT2D eigenvalue weighted by Crippen LogP contribution is 2.41. The maximum absolute atomic E-state index is 13.2. The molecular formula is C25H20N4O6. The number of carbonyl (C=O) groups excluding carboxylic acids is 2. The topological polar surface area (TPSA) is 131 Å². The lowest BCUT2D eigenvalue weighted by molar-refractivity contribution is -0.384. The van der Waals surface area contributed by atoms with Crippen molar-refractivity contribution in [3.63, 3.8) is 0 Å². The summed E-state index contributed by atoms with van der Waals surface area (Å²) in [4.78, 5) is 43.0. The lowest BCUT2D eigenvalue weighted by Gasteiger charge is -2.24. The van der Waals surface area contributed by atoms with Crippen LogP contribution in [0.4, 0.5) is 5.69 Å². The van der Waals surface area contributed by atoms with Crippen molar-refractivity contribution >= 4 is 28.8 Å². The summed E-state index contributed by atoms with van der Waals surface area (Å²) in [6, 6.07) is 11.6. The van der Waals surface area contributed by atoms with Crippen LogP contribution in [-0.4, -0.2) is 36.0 Å². The molecule has 1 unspecified atom stereocenters. The third-order valence-electron chi connectivity index (χ3n) is 6.15. The number of nitrogens with zero attached hydrogens (tertiary/aromatic N) is 4. The molecule has 4 aromatic rings. The fourth-order valence-corrected chi connectivity index (χ4v) is 4.44. The molecule has 0 aliphatic carbocycles. The molecule has 10 heteroatoms. The highest BCUT2D eigenvalue weighted by molar-refractivity contribution is 6.46. The van der Waals surface area contributed by atoms with Crippen molar-refractivity contribution in [3.8, 4) is 0 Å². The summed E-state index contributed by atoms with van der Waals surface area (Å²) in [7, 11) is 0. The van der Waals surface area contributed by atoms with E-state index >= 15 is 0 Å². The molecule has 1 fully saturated rings. The van der Waals surface area contributed by atoms with E-state index in [1.165, 1.54) is 29.4 Å². The Morgan fingerprint density at radius 3 is 2.66 bits per heavy atom. The van der Waals surface area contributed by atoms with Crippen molar-refractivity contribution in [2.75, 3.05) is 0 Å². The number of Topliss-reactive ketones (excluding diaryl/α,β-unsaturated/α-hetero) is 1. The molecule has 1 saturated heterocycles. The fourth-order valence-electron chi connectivity index (χ4n) is 4.44. The van der Waals surface area contributed by atoms with Crippen molar-refractivity contribution in [2.24, 2.45) is 0 Å². The van der Waals surface area contributed by atoms with Crippen molar-refractivity contribution < 1.29 is 24.0 Å². The molecular weight excluding hydrogens is 452 g/mol. The molecule has 1 aliphatic heterocycles. The molecule has 4 heterocycles. The molecule has 0 spiro atoms.